The van der Waals surface area contributed by atoms with Gasteiger partial charge in [0.2, 0.25) is 0 Å². The van der Waals surface area contributed by atoms with Gasteiger partial charge in [-0.1, -0.05) is 0 Å². The van der Waals surface area contributed by atoms with Crippen LogP contribution in [0.3, 0.4) is 0 Å². The Balaban J connectivity index is 2.03. The molecule has 1 aliphatic rings. The first-order valence-electron chi connectivity index (χ1n) is 6.64. The highest BCUT2D eigenvalue weighted by molar-refractivity contribution is 5.47. The van der Waals surface area contributed by atoms with Gasteiger partial charge in [0, 0.05) is 5.69 Å². The molecule has 7 nitrogen and oxygen atoms in total. The molecule has 1 saturated heterocycles. The Labute approximate surface area is 128 Å². The van der Waals surface area contributed by atoms with Crippen molar-refractivity contribution in [3.63, 3.8) is 0 Å². The summed E-state index contributed by atoms with van der Waals surface area (Å²) in [6.45, 7) is -0.582. The monoisotopic (exact) mass is 339 g/mol. The lowest BCUT2D eigenvalue weighted by atomic mass is 9.98. The van der Waals surface area contributed by atoms with Crippen molar-refractivity contribution >= 4 is 5.69 Å². The summed E-state index contributed by atoms with van der Waals surface area (Å²) in [4.78, 5) is 0. The zero-order valence-electron chi connectivity index (χ0n) is 11.6. The molecule has 5 N–H and O–H groups in total. The summed E-state index contributed by atoms with van der Waals surface area (Å²) in [6.07, 6.45) is -11.6. The molecule has 0 saturated carbocycles. The molecular formula is C13H16F3NO6. The van der Waals surface area contributed by atoms with Crippen LogP contribution in [-0.4, -0.2) is 64.0 Å². The molecule has 0 radical (unpaired) electrons. The van der Waals surface area contributed by atoms with Gasteiger partial charge < -0.3 is 35.2 Å². The third kappa shape index (κ3) is 4.45. The first-order chi connectivity index (χ1) is 10.7. The standard InChI is InChI=1S/C13H16F3NO6/c14-13(15,16)23-7-3-1-6(2-4-7)17-12-11(21)10(20)9(19)8(5-18)22-12/h1-4,8-12,17-21H,5H2/t8-,9+,10+,11+,12+/m0/s1. The predicted octanol–water partition coefficient (Wildman–Crippen LogP) is -0.203. The van der Waals surface area contributed by atoms with Gasteiger partial charge in [0.1, 0.15) is 30.2 Å². The van der Waals surface area contributed by atoms with E-state index in [4.69, 9.17) is 9.84 Å². The Morgan fingerprint density at radius 1 is 1.04 bits per heavy atom. The Hall–Kier alpha value is -1.59. The number of nitrogens with one attached hydrogen (secondary N) is 1. The van der Waals surface area contributed by atoms with Crippen LogP contribution >= 0.6 is 0 Å². The number of ether oxygens (including phenoxy) is 2. The summed E-state index contributed by atoms with van der Waals surface area (Å²) in [5.74, 6) is -0.420. The second kappa shape index (κ2) is 6.89. The first kappa shape index (κ1) is 17.8. The van der Waals surface area contributed by atoms with Crippen LogP contribution in [0.4, 0.5) is 18.9 Å². The molecule has 23 heavy (non-hydrogen) atoms. The smallest absolute Gasteiger partial charge is 0.406 e. The third-order valence-electron chi connectivity index (χ3n) is 3.29. The summed E-state index contributed by atoms with van der Waals surface area (Å²) in [6, 6.07) is 4.62. The largest absolute Gasteiger partial charge is 0.573 e. The summed E-state index contributed by atoms with van der Waals surface area (Å²) in [5.41, 5.74) is 0.281. The van der Waals surface area contributed by atoms with Gasteiger partial charge in [-0.2, -0.15) is 0 Å². The number of anilines is 1. The number of aliphatic hydroxyl groups is 4. The van der Waals surface area contributed by atoms with Crippen molar-refractivity contribution in [2.24, 2.45) is 0 Å². The number of alkyl halides is 3. The maximum atomic E-state index is 12.1. The molecule has 1 fully saturated rings. The predicted molar refractivity (Wildman–Crippen MR) is 70.5 cm³/mol. The van der Waals surface area contributed by atoms with Gasteiger partial charge in [-0.15, -0.1) is 13.2 Å². The zero-order valence-corrected chi connectivity index (χ0v) is 11.6. The van der Waals surface area contributed by atoms with Gasteiger partial charge >= 0.3 is 6.36 Å². The van der Waals surface area contributed by atoms with E-state index in [0.717, 1.165) is 12.1 Å². The number of halogens is 3. The molecule has 1 aromatic carbocycles. The van der Waals surface area contributed by atoms with Crippen molar-refractivity contribution in [2.75, 3.05) is 11.9 Å². The van der Waals surface area contributed by atoms with E-state index in [0.29, 0.717) is 0 Å². The number of rotatable bonds is 4. The topological polar surface area (TPSA) is 111 Å². The van der Waals surface area contributed by atoms with Crippen molar-refractivity contribution in [2.45, 2.75) is 37.0 Å². The summed E-state index contributed by atoms with van der Waals surface area (Å²) < 4.78 is 45.1. The van der Waals surface area contributed by atoms with Crippen LogP contribution < -0.4 is 10.1 Å². The van der Waals surface area contributed by atoms with Crippen molar-refractivity contribution < 1.29 is 43.1 Å². The minimum Gasteiger partial charge on any atom is -0.406 e. The first-order valence-corrected chi connectivity index (χ1v) is 6.64. The van der Waals surface area contributed by atoms with E-state index < -0.39 is 49.4 Å². The molecule has 0 unspecified atom stereocenters. The lowest BCUT2D eigenvalue weighted by molar-refractivity contribution is -0.274. The van der Waals surface area contributed by atoms with Crippen molar-refractivity contribution in [3.05, 3.63) is 24.3 Å². The normalized spacial score (nSPS) is 31.7. The van der Waals surface area contributed by atoms with Crippen molar-refractivity contribution in [1.82, 2.24) is 0 Å². The average Bonchev–Trinajstić information content (AvgIpc) is 2.48. The summed E-state index contributed by atoms with van der Waals surface area (Å²) in [7, 11) is 0. The molecule has 0 amide bonds. The van der Waals surface area contributed by atoms with Crippen LogP contribution in [0.1, 0.15) is 0 Å². The molecule has 1 aromatic rings. The van der Waals surface area contributed by atoms with Gasteiger partial charge in [0.05, 0.1) is 6.61 Å². The molecule has 0 spiro atoms. The van der Waals surface area contributed by atoms with Gasteiger partial charge in [0.25, 0.3) is 0 Å². The van der Waals surface area contributed by atoms with E-state index in [1.54, 1.807) is 0 Å². The van der Waals surface area contributed by atoms with E-state index in [2.05, 4.69) is 10.1 Å². The van der Waals surface area contributed by atoms with Crippen LogP contribution in [0.2, 0.25) is 0 Å². The van der Waals surface area contributed by atoms with Gasteiger partial charge in [-0.25, -0.2) is 0 Å². The molecule has 0 aromatic heterocycles. The van der Waals surface area contributed by atoms with Crippen LogP contribution in [0, 0.1) is 0 Å². The molecule has 0 aliphatic carbocycles. The van der Waals surface area contributed by atoms with E-state index in [1.807, 2.05) is 0 Å². The highest BCUT2D eigenvalue weighted by Crippen LogP contribution is 2.26. The maximum Gasteiger partial charge on any atom is 0.573 e. The minimum absolute atomic E-state index is 0.281. The van der Waals surface area contributed by atoms with E-state index in [-0.39, 0.29) is 5.69 Å². The van der Waals surface area contributed by atoms with Crippen LogP contribution in [0.15, 0.2) is 24.3 Å². The third-order valence-corrected chi connectivity index (χ3v) is 3.29. The Bertz CT molecular complexity index is 509. The lowest BCUT2D eigenvalue weighted by Crippen LogP contribution is -2.60. The van der Waals surface area contributed by atoms with Crippen molar-refractivity contribution in [1.29, 1.82) is 0 Å². The number of aliphatic hydroxyl groups excluding tert-OH is 4. The van der Waals surface area contributed by atoms with E-state index in [1.165, 1.54) is 12.1 Å². The lowest BCUT2D eigenvalue weighted by Gasteiger charge is -2.40. The fourth-order valence-electron chi connectivity index (χ4n) is 2.14. The second-order valence-corrected chi connectivity index (χ2v) is 4.97. The molecule has 1 aliphatic heterocycles. The van der Waals surface area contributed by atoms with Gasteiger partial charge in [-0.05, 0) is 24.3 Å². The van der Waals surface area contributed by atoms with E-state index in [9.17, 15) is 28.5 Å². The average molecular weight is 339 g/mol. The quantitative estimate of drug-likeness (QED) is 0.516. The molecular weight excluding hydrogens is 323 g/mol. The van der Waals surface area contributed by atoms with Crippen LogP contribution in [0.25, 0.3) is 0 Å². The Morgan fingerprint density at radius 3 is 2.17 bits per heavy atom. The minimum atomic E-state index is -4.80. The second-order valence-electron chi connectivity index (χ2n) is 4.97. The molecule has 10 heteroatoms. The SMILES string of the molecule is OC[C@@H]1O[C@@H](Nc2ccc(OC(F)(F)F)cc2)[C@H](O)[C@H](O)[C@@H]1O. The number of hydrogen-bond acceptors (Lipinski definition) is 7. The summed E-state index contributed by atoms with van der Waals surface area (Å²) >= 11 is 0. The summed E-state index contributed by atoms with van der Waals surface area (Å²) in [5, 5.41) is 40.8. The molecule has 130 valence electrons. The number of benzene rings is 1. The van der Waals surface area contributed by atoms with Crippen molar-refractivity contribution in [3.8, 4) is 5.75 Å². The maximum absolute atomic E-state index is 12.1. The number of hydrogen-bond donors (Lipinski definition) is 5. The van der Waals surface area contributed by atoms with Crippen LogP contribution in [-0.2, 0) is 4.74 Å². The fourth-order valence-corrected chi connectivity index (χ4v) is 2.14. The zero-order chi connectivity index (χ0) is 17.2. The Morgan fingerprint density at radius 2 is 1.65 bits per heavy atom. The van der Waals surface area contributed by atoms with Gasteiger partial charge in [-0.3, -0.25) is 0 Å². The van der Waals surface area contributed by atoms with Crippen LogP contribution in [0.5, 0.6) is 5.75 Å². The molecule has 1 heterocycles. The highest BCUT2D eigenvalue weighted by atomic mass is 19.4. The molecule has 0 bridgehead atoms. The Kier molecular flexibility index (Phi) is 5.32. The van der Waals surface area contributed by atoms with E-state index >= 15 is 0 Å². The fraction of sp³-hybridized carbons (Fsp3) is 0.538. The molecule has 5 atom stereocenters. The highest BCUT2D eigenvalue weighted by Gasteiger charge is 2.43. The van der Waals surface area contributed by atoms with Gasteiger partial charge in [0.15, 0.2) is 6.23 Å². The molecule has 2 rings (SSSR count).